The third-order valence-corrected chi connectivity index (χ3v) is 6.90. The molecule has 0 spiro atoms. The first-order valence-electron chi connectivity index (χ1n) is 13.2. The summed E-state index contributed by atoms with van der Waals surface area (Å²) < 4.78 is 17.3. The largest absolute Gasteiger partial charge is 0.497 e. The van der Waals surface area contributed by atoms with Crippen LogP contribution in [0.2, 0.25) is 0 Å². The topological polar surface area (TPSA) is 97.1 Å². The van der Waals surface area contributed by atoms with Gasteiger partial charge in [-0.1, -0.05) is 54.9 Å². The number of rotatable bonds is 10. The van der Waals surface area contributed by atoms with E-state index in [1.54, 1.807) is 7.11 Å². The van der Waals surface area contributed by atoms with E-state index in [2.05, 4.69) is 31.4 Å². The molecule has 6 rings (SSSR count). The van der Waals surface area contributed by atoms with Gasteiger partial charge >= 0.3 is 0 Å². The Kier molecular flexibility index (Phi) is 7.60. The first-order valence-corrected chi connectivity index (χ1v) is 13.7. The summed E-state index contributed by atoms with van der Waals surface area (Å²) in [5, 5.41) is 15.2. The predicted octanol–water partition coefficient (Wildman–Crippen LogP) is 6.43. The number of pyridine rings is 2. The third kappa shape index (κ3) is 6.05. The van der Waals surface area contributed by atoms with Gasteiger partial charge in [0.25, 0.3) is 0 Å². The Labute approximate surface area is 241 Å². The lowest BCUT2D eigenvalue weighted by Gasteiger charge is -2.13. The van der Waals surface area contributed by atoms with Crippen LogP contribution in [0.1, 0.15) is 24.6 Å². The van der Waals surface area contributed by atoms with Gasteiger partial charge in [0, 0.05) is 10.8 Å². The molecule has 1 unspecified atom stereocenters. The van der Waals surface area contributed by atoms with E-state index in [9.17, 15) is 0 Å². The van der Waals surface area contributed by atoms with Gasteiger partial charge in [0.05, 0.1) is 35.9 Å². The van der Waals surface area contributed by atoms with Crippen LogP contribution in [0.4, 0.5) is 0 Å². The van der Waals surface area contributed by atoms with Gasteiger partial charge in [0.15, 0.2) is 5.56 Å². The van der Waals surface area contributed by atoms with Gasteiger partial charge in [-0.2, -0.15) is 4.80 Å². The third-order valence-electron chi connectivity index (χ3n) is 6.51. The van der Waals surface area contributed by atoms with Crippen LogP contribution < -0.4 is 14.2 Å². The highest BCUT2D eigenvalue weighted by Gasteiger charge is 2.18. The zero-order chi connectivity index (χ0) is 28.2. The molecule has 0 radical (unpaired) electrons. The van der Waals surface area contributed by atoms with Crippen molar-refractivity contribution < 1.29 is 14.2 Å². The Morgan fingerprint density at radius 3 is 2.61 bits per heavy atom. The second kappa shape index (κ2) is 11.8. The zero-order valence-corrected chi connectivity index (χ0v) is 23.3. The lowest BCUT2D eigenvalue weighted by atomic mass is 10.1. The van der Waals surface area contributed by atoms with Crippen LogP contribution in [-0.2, 0) is 13.2 Å². The summed E-state index contributed by atoms with van der Waals surface area (Å²) in [7, 11) is 1.62. The molecule has 9 nitrogen and oxygen atoms in total. The zero-order valence-electron chi connectivity index (χ0n) is 22.6. The Morgan fingerprint density at radius 1 is 0.854 bits per heavy atom. The van der Waals surface area contributed by atoms with Crippen molar-refractivity contribution in [2.75, 3.05) is 7.11 Å². The summed E-state index contributed by atoms with van der Waals surface area (Å²) in [5.74, 6) is 2.18. The van der Waals surface area contributed by atoms with Crippen molar-refractivity contribution in [1.29, 1.82) is 0 Å². The fraction of sp³-hybridized carbons (Fsp3) is 0.194. The van der Waals surface area contributed by atoms with Gasteiger partial charge in [0.1, 0.15) is 18.1 Å². The van der Waals surface area contributed by atoms with E-state index >= 15 is 0 Å². The summed E-state index contributed by atoms with van der Waals surface area (Å²) in [5.41, 5.74) is 3.56. The molecule has 6 aromatic rings. The number of tetrazole rings is 1. The predicted molar refractivity (Wildman–Crippen MR) is 157 cm³/mol. The minimum Gasteiger partial charge on any atom is -0.497 e. The Bertz CT molecular complexity index is 1830. The molecule has 0 amide bonds. The lowest BCUT2D eigenvalue weighted by molar-refractivity contribution is 0.268. The number of alkyl halides is 1. The minimum absolute atomic E-state index is 0.349. The van der Waals surface area contributed by atoms with Crippen molar-refractivity contribution in [2.45, 2.75) is 32.1 Å². The molecule has 0 aliphatic carbocycles. The van der Waals surface area contributed by atoms with E-state index < -0.39 is 5.56 Å². The quantitative estimate of drug-likeness (QED) is 0.175. The number of nitrogens with zero attached hydrogens (tertiary/aromatic N) is 6. The van der Waals surface area contributed by atoms with Crippen molar-refractivity contribution in [3.8, 4) is 28.8 Å². The number of benzene rings is 3. The van der Waals surface area contributed by atoms with Crippen LogP contribution in [0.3, 0.4) is 0 Å². The standard InChI is InChI=1S/C31H27ClN6O3/c1-3-29(32)41-31-26(17-22-16-24(39-2)13-14-28(22)34-31)30-35-37-38(36-30)18-20-7-6-9-25(15-20)40-19-23-12-11-21-8-4-5-10-27(21)33-23/h4-17,29H,3,18-19H2,1-2H3. The van der Waals surface area contributed by atoms with Crippen LogP contribution >= 0.6 is 11.6 Å². The number of aromatic nitrogens is 6. The Morgan fingerprint density at radius 2 is 1.73 bits per heavy atom. The van der Waals surface area contributed by atoms with E-state index in [1.165, 1.54) is 4.80 Å². The van der Waals surface area contributed by atoms with Crippen molar-refractivity contribution >= 4 is 33.4 Å². The molecule has 0 fully saturated rings. The number of fused-ring (bicyclic) bond motifs is 2. The molecular formula is C31H27ClN6O3. The monoisotopic (exact) mass is 566 g/mol. The van der Waals surface area contributed by atoms with E-state index in [-0.39, 0.29) is 0 Å². The Hall–Kier alpha value is -4.76. The van der Waals surface area contributed by atoms with Crippen LogP contribution in [0.5, 0.6) is 17.4 Å². The van der Waals surface area contributed by atoms with Crippen LogP contribution in [0.25, 0.3) is 33.2 Å². The number of hydrogen-bond acceptors (Lipinski definition) is 8. The maximum atomic E-state index is 6.32. The highest BCUT2D eigenvalue weighted by Crippen LogP contribution is 2.32. The summed E-state index contributed by atoms with van der Waals surface area (Å²) in [4.78, 5) is 10.9. The number of para-hydroxylation sites is 1. The van der Waals surface area contributed by atoms with E-state index in [4.69, 9.17) is 25.8 Å². The second-order valence-electron chi connectivity index (χ2n) is 9.41. The molecule has 3 heterocycles. The molecule has 0 bridgehead atoms. The van der Waals surface area contributed by atoms with E-state index in [1.807, 2.05) is 85.8 Å². The fourth-order valence-electron chi connectivity index (χ4n) is 4.38. The molecule has 206 valence electrons. The highest BCUT2D eigenvalue weighted by molar-refractivity contribution is 6.19. The van der Waals surface area contributed by atoms with E-state index in [0.29, 0.717) is 36.8 Å². The second-order valence-corrected chi connectivity index (χ2v) is 9.90. The van der Waals surface area contributed by atoms with Crippen molar-refractivity contribution in [2.24, 2.45) is 0 Å². The summed E-state index contributed by atoms with van der Waals surface area (Å²) in [6.07, 6.45) is 0.610. The van der Waals surface area contributed by atoms with E-state index in [0.717, 1.165) is 44.6 Å². The molecule has 0 saturated carbocycles. The van der Waals surface area contributed by atoms with Gasteiger partial charge in [-0.25, -0.2) is 9.97 Å². The van der Waals surface area contributed by atoms with Crippen LogP contribution in [0.15, 0.2) is 84.9 Å². The molecule has 0 N–H and O–H groups in total. The fourth-order valence-corrected chi connectivity index (χ4v) is 4.46. The molecular weight excluding hydrogens is 540 g/mol. The first kappa shape index (κ1) is 26.5. The normalized spacial score (nSPS) is 12.0. The van der Waals surface area contributed by atoms with Crippen LogP contribution in [0, 0.1) is 0 Å². The SMILES string of the molecule is CCC(Cl)Oc1nc2ccc(OC)cc2cc1-c1nnn(Cc2cccc(OCc3ccc4ccccc4n3)c2)n1. The Balaban J connectivity index is 1.21. The summed E-state index contributed by atoms with van der Waals surface area (Å²) in [6, 6.07) is 27.4. The molecule has 1 atom stereocenters. The number of hydrogen-bond donors (Lipinski definition) is 0. The van der Waals surface area contributed by atoms with Gasteiger partial charge in [-0.15, -0.1) is 10.2 Å². The minimum atomic E-state index is -0.542. The molecule has 3 aromatic carbocycles. The van der Waals surface area contributed by atoms with Gasteiger partial charge in [0.2, 0.25) is 11.7 Å². The van der Waals surface area contributed by atoms with Crippen molar-refractivity contribution in [3.05, 3.63) is 96.2 Å². The number of methoxy groups -OCH3 is 1. The maximum absolute atomic E-state index is 6.32. The van der Waals surface area contributed by atoms with Gasteiger partial charge in [-0.05, 0) is 65.7 Å². The first-order chi connectivity index (χ1) is 20.1. The molecule has 0 aliphatic heterocycles. The summed E-state index contributed by atoms with van der Waals surface area (Å²) >= 11 is 6.32. The molecule has 0 aliphatic rings. The highest BCUT2D eigenvalue weighted by atomic mass is 35.5. The average Bonchev–Trinajstić information content (AvgIpc) is 3.47. The number of halogens is 1. The van der Waals surface area contributed by atoms with Crippen molar-refractivity contribution in [3.63, 3.8) is 0 Å². The summed E-state index contributed by atoms with van der Waals surface area (Å²) in [6.45, 7) is 2.70. The molecule has 3 aromatic heterocycles. The average molecular weight is 567 g/mol. The van der Waals surface area contributed by atoms with Gasteiger partial charge < -0.3 is 14.2 Å². The van der Waals surface area contributed by atoms with Gasteiger partial charge in [-0.3, -0.25) is 0 Å². The van der Waals surface area contributed by atoms with Crippen molar-refractivity contribution in [1.82, 2.24) is 30.2 Å². The smallest absolute Gasteiger partial charge is 0.226 e. The number of ether oxygens (including phenoxy) is 3. The maximum Gasteiger partial charge on any atom is 0.226 e. The molecule has 10 heteroatoms. The van der Waals surface area contributed by atoms with Crippen LogP contribution in [-0.4, -0.2) is 42.8 Å². The molecule has 0 saturated heterocycles. The molecule has 41 heavy (non-hydrogen) atoms. The lowest BCUT2D eigenvalue weighted by Crippen LogP contribution is -2.09.